The molecule has 0 radical (unpaired) electrons. The Morgan fingerprint density at radius 2 is 2.11 bits per heavy atom. The van der Waals surface area contributed by atoms with Crippen molar-refractivity contribution in [3.63, 3.8) is 0 Å². The van der Waals surface area contributed by atoms with Crippen LogP contribution >= 0.6 is 0 Å². The zero-order valence-corrected chi connectivity index (χ0v) is 10.5. The van der Waals surface area contributed by atoms with Gasteiger partial charge in [-0.25, -0.2) is 4.79 Å². The maximum absolute atomic E-state index is 10.7. The molecule has 0 saturated carbocycles. The highest BCUT2D eigenvalue weighted by Gasteiger charge is 2.36. The first kappa shape index (κ1) is 11.5. The zero-order chi connectivity index (χ0) is 12.7. The molecule has 96 valence electrons. The molecule has 4 heteroatoms. The smallest absolute Gasteiger partial charge is 0.407 e. The van der Waals surface area contributed by atoms with Gasteiger partial charge in [0, 0.05) is 25.2 Å². The molecule has 1 aromatic carbocycles. The Morgan fingerprint density at radius 3 is 2.83 bits per heavy atom. The van der Waals surface area contributed by atoms with Crippen molar-refractivity contribution in [2.75, 3.05) is 13.1 Å². The average molecular weight is 246 g/mol. The van der Waals surface area contributed by atoms with Crippen LogP contribution < -0.4 is 5.32 Å². The molecule has 0 aromatic heterocycles. The minimum atomic E-state index is -0.812. The van der Waals surface area contributed by atoms with Gasteiger partial charge in [0.2, 0.25) is 0 Å². The summed E-state index contributed by atoms with van der Waals surface area (Å²) in [5.41, 5.74) is 2.82. The summed E-state index contributed by atoms with van der Waals surface area (Å²) in [6.07, 6.45) is 0.302. The molecule has 0 spiro atoms. The van der Waals surface area contributed by atoms with Gasteiger partial charge in [-0.05, 0) is 23.5 Å². The molecule has 1 aliphatic carbocycles. The number of hydrogen-bond donors (Lipinski definition) is 2. The molecule has 1 saturated heterocycles. The molecule has 1 aromatic rings. The van der Waals surface area contributed by atoms with Crippen LogP contribution in [0.25, 0.3) is 0 Å². The number of carbonyl (C=O) groups is 1. The summed E-state index contributed by atoms with van der Waals surface area (Å²) in [7, 11) is 0. The maximum Gasteiger partial charge on any atom is 0.407 e. The topological polar surface area (TPSA) is 52.6 Å². The number of fused-ring (bicyclic) bond motifs is 1. The van der Waals surface area contributed by atoms with Gasteiger partial charge in [0.1, 0.15) is 0 Å². The fourth-order valence-corrected chi connectivity index (χ4v) is 3.04. The second kappa shape index (κ2) is 4.28. The van der Waals surface area contributed by atoms with E-state index in [0.29, 0.717) is 31.1 Å². The number of amides is 1. The third-order valence-corrected chi connectivity index (χ3v) is 4.07. The summed E-state index contributed by atoms with van der Waals surface area (Å²) in [6.45, 7) is 3.48. The van der Waals surface area contributed by atoms with Crippen molar-refractivity contribution in [3.8, 4) is 0 Å². The van der Waals surface area contributed by atoms with Gasteiger partial charge in [-0.3, -0.25) is 0 Å². The monoisotopic (exact) mass is 246 g/mol. The van der Waals surface area contributed by atoms with Crippen molar-refractivity contribution in [2.45, 2.75) is 25.4 Å². The van der Waals surface area contributed by atoms with Gasteiger partial charge >= 0.3 is 6.09 Å². The molecule has 2 aliphatic rings. The predicted molar refractivity (Wildman–Crippen MR) is 68.6 cm³/mol. The van der Waals surface area contributed by atoms with Crippen molar-refractivity contribution < 1.29 is 9.90 Å². The van der Waals surface area contributed by atoms with E-state index < -0.39 is 6.09 Å². The van der Waals surface area contributed by atoms with E-state index in [2.05, 4.69) is 36.5 Å². The van der Waals surface area contributed by atoms with Crippen LogP contribution in [0.15, 0.2) is 24.3 Å². The van der Waals surface area contributed by atoms with Crippen molar-refractivity contribution in [1.82, 2.24) is 10.2 Å². The first-order valence-corrected chi connectivity index (χ1v) is 6.47. The van der Waals surface area contributed by atoms with Gasteiger partial charge in [-0.2, -0.15) is 0 Å². The molecule has 2 atom stereocenters. The van der Waals surface area contributed by atoms with Crippen molar-refractivity contribution in [3.05, 3.63) is 35.4 Å². The third kappa shape index (κ3) is 1.86. The van der Waals surface area contributed by atoms with Gasteiger partial charge in [0.15, 0.2) is 0 Å². The lowest BCUT2D eigenvalue weighted by Crippen LogP contribution is -2.60. The van der Waals surface area contributed by atoms with Gasteiger partial charge < -0.3 is 15.3 Å². The number of likely N-dealkylation sites (tertiary alicyclic amines) is 1. The second-order valence-electron chi connectivity index (χ2n) is 5.41. The Morgan fingerprint density at radius 1 is 1.39 bits per heavy atom. The number of benzene rings is 1. The molecule has 1 aliphatic heterocycles. The normalized spacial score (nSPS) is 26.8. The van der Waals surface area contributed by atoms with Crippen LogP contribution in [0.5, 0.6) is 0 Å². The molecule has 2 N–H and O–H groups in total. The standard InChI is InChI=1S/C14H18N2O2/c1-9-6-10-4-2-3-5-12(10)13(9)15-11-7-16(8-11)14(17)18/h2-5,9,11,13,15H,6-8H2,1H3,(H,17,18). The molecule has 2 unspecified atom stereocenters. The van der Waals surface area contributed by atoms with Crippen LogP contribution in [0, 0.1) is 5.92 Å². The fraction of sp³-hybridized carbons (Fsp3) is 0.500. The third-order valence-electron chi connectivity index (χ3n) is 4.07. The lowest BCUT2D eigenvalue weighted by Gasteiger charge is -2.40. The van der Waals surface area contributed by atoms with Crippen molar-refractivity contribution in [2.24, 2.45) is 5.92 Å². The summed E-state index contributed by atoms with van der Waals surface area (Å²) >= 11 is 0. The van der Waals surface area contributed by atoms with E-state index in [4.69, 9.17) is 5.11 Å². The predicted octanol–water partition coefficient (Wildman–Crippen LogP) is 1.87. The molecule has 18 heavy (non-hydrogen) atoms. The first-order chi connectivity index (χ1) is 8.65. The molecule has 0 bridgehead atoms. The number of rotatable bonds is 2. The zero-order valence-electron chi connectivity index (χ0n) is 10.5. The second-order valence-corrected chi connectivity index (χ2v) is 5.41. The van der Waals surface area contributed by atoms with E-state index in [0.717, 1.165) is 6.42 Å². The Kier molecular flexibility index (Phi) is 2.74. The summed E-state index contributed by atoms with van der Waals surface area (Å²) in [4.78, 5) is 12.2. The van der Waals surface area contributed by atoms with E-state index in [1.807, 2.05) is 0 Å². The van der Waals surface area contributed by atoms with E-state index >= 15 is 0 Å². The van der Waals surface area contributed by atoms with Crippen molar-refractivity contribution >= 4 is 6.09 Å². The number of hydrogen-bond acceptors (Lipinski definition) is 2. The summed E-state index contributed by atoms with van der Waals surface area (Å²) < 4.78 is 0. The number of nitrogens with zero attached hydrogens (tertiary/aromatic N) is 1. The largest absolute Gasteiger partial charge is 0.465 e. The molecule has 4 nitrogen and oxygen atoms in total. The van der Waals surface area contributed by atoms with E-state index in [1.54, 1.807) is 0 Å². The lowest BCUT2D eigenvalue weighted by atomic mass is 9.99. The van der Waals surface area contributed by atoms with Gasteiger partial charge in [-0.1, -0.05) is 31.2 Å². The van der Waals surface area contributed by atoms with Gasteiger partial charge in [-0.15, -0.1) is 0 Å². The molecule has 1 heterocycles. The highest BCUT2D eigenvalue weighted by Crippen LogP contribution is 2.36. The molecular weight excluding hydrogens is 228 g/mol. The Bertz CT molecular complexity index is 469. The van der Waals surface area contributed by atoms with E-state index in [-0.39, 0.29) is 0 Å². The van der Waals surface area contributed by atoms with Crippen molar-refractivity contribution in [1.29, 1.82) is 0 Å². The van der Waals surface area contributed by atoms with Crippen LogP contribution in [-0.4, -0.2) is 35.2 Å². The Labute approximate surface area is 107 Å². The van der Waals surface area contributed by atoms with Gasteiger partial charge in [0.05, 0.1) is 0 Å². The molecule has 3 rings (SSSR count). The SMILES string of the molecule is CC1Cc2ccccc2C1NC1CN(C(=O)O)C1. The van der Waals surface area contributed by atoms with Crippen LogP contribution in [0.1, 0.15) is 24.1 Å². The summed E-state index contributed by atoms with van der Waals surface area (Å²) in [5.74, 6) is 0.585. The summed E-state index contributed by atoms with van der Waals surface area (Å²) in [5, 5.41) is 12.4. The molecule has 1 amide bonds. The highest BCUT2D eigenvalue weighted by molar-refractivity contribution is 5.66. The van der Waals surface area contributed by atoms with Gasteiger partial charge in [0.25, 0.3) is 0 Å². The summed E-state index contributed by atoms with van der Waals surface area (Å²) in [6, 6.07) is 9.23. The quantitative estimate of drug-likeness (QED) is 0.837. The van der Waals surface area contributed by atoms with E-state index in [9.17, 15) is 4.79 Å². The van der Waals surface area contributed by atoms with Crippen LogP contribution in [0.4, 0.5) is 4.79 Å². The maximum atomic E-state index is 10.7. The number of carboxylic acid groups (broad SMARTS) is 1. The minimum Gasteiger partial charge on any atom is -0.465 e. The van der Waals surface area contributed by atoms with Crippen LogP contribution in [-0.2, 0) is 6.42 Å². The lowest BCUT2D eigenvalue weighted by molar-refractivity contribution is 0.0895. The fourth-order valence-electron chi connectivity index (χ4n) is 3.04. The van der Waals surface area contributed by atoms with Crippen LogP contribution in [0.3, 0.4) is 0 Å². The highest BCUT2D eigenvalue weighted by atomic mass is 16.4. The van der Waals surface area contributed by atoms with Crippen LogP contribution in [0.2, 0.25) is 0 Å². The van der Waals surface area contributed by atoms with E-state index in [1.165, 1.54) is 16.0 Å². The Hall–Kier alpha value is -1.55. The minimum absolute atomic E-state index is 0.305. The molecular formula is C14H18N2O2. The number of nitrogens with one attached hydrogen (secondary N) is 1. The first-order valence-electron chi connectivity index (χ1n) is 6.47. The molecule has 1 fully saturated rings. The Balaban J connectivity index is 1.66. The average Bonchev–Trinajstić information content (AvgIpc) is 2.58.